The zero-order valence-electron chi connectivity index (χ0n) is 7.42. The van der Waals surface area contributed by atoms with E-state index in [1.807, 2.05) is 0 Å². The molecule has 0 saturated carbocycles. The van der Waals surface area contributed by atoms with Crippen LogP contribution in [0.5, 0.6) is 0 Å². The van der Waals surface area contributed by atoms with Crippen molar-refractivity contribution in [3.63, 3.8) is 0 Å². The second-order valence-electron chi connectivity index (χ2n) is 3.07. The summed E-state index contributed by atoms with van der Waals surface area (Å²) in [5, 5.41) is 11.9. The van der Waals surface area contributed by atoms with Crippen LogP contribution in [0.25, 0.3) is 0 Å². The molecule has 0 aromatic rings. The standard InChI is InChI=1S/C8H16N2O2/c1-2-3-4-5-10-7(11)6-9-8(10)12/h7,11H,2-6H2,1H3,(H,9,12). The minimum atomic E-state index is -0.616. The van der Waals surface area contributed by atoms with E-state index in [0.717, 1.165) is 19.3 Å². The summed E-state index contributed by atoms with van der Waals surface area (Å²) in [6, 6.07) is -0.140. The molecule has 2 amide bonds. The maximum Gasteiger partial charge on any atom is 0.319 e. The van der Waals surface area contributed by atoms with Crippen molar-refractivity contribution in [3.05, 3.63) is 0 Å². The average Bonchev–Trinajstić information content (AvgIpc) is 2.35. The number of amides is 2. The van der Waals surface area contributed by atoms with Gasteiger partial charge in [-0.05, 0) is 6.42 Å². The number of hydrogen-bond acceptors (Lipinski definition) is 2. The highest BCUT2D eigenvalue weighted by atomic mass is 16.3. The quantitative estimate of drug-likeness (QED) is 0.607. The van der Waals surface area contributed by atoms with Crippen molar-refractivity contribution in [1.82, 2.24) is 10.2 Å². The van der Waals surface area contributed by atoms with Crippen LogP contribution in [0.3, 0.4) is 0 Å². The number of β-amino-alcohol motifs (C(OH)–C–C–N with tert-alkyl or cyclic N) is 1. The van der Waals surface area contributed by atoms with Crippen LogP contribution in [0.1, 0.15) is 26.2 Å². The van der Waals surface area contributed by atoms with E-state index in [0.29, 0.717) is 13.1 Å². The molecule has 1 atom stereocenters. The van der Waals surface area contributed by atoms with Crippen molar-refractivity contribution < 1.29 is 9.90 Å². The van der Waals surface area contributed by atoms with Gasteiger partial charge in [-0.1, -0.05) is 19.8 Å². The van der Waals surface area contributed by atoms with Crippen LogP contribution in [0.2, 0.25) is 0 Å². The third-order valence-corrected chi connectivity index (χ3v) is 2.06. The lowest BCUT2D eigenvalue weighted by atomic mass is 10.2. The second kappa shape index (κ2) is 4.30. The zero-order chi connectivity index (χ0) is 8.97. The number of nitrogens with one attached hydrogen (secondary N) is 1. The van der Waals surface area contributed by atoms with Gasteiger partial charge in [0.2, 0.25) is 0 Å². The Morgan fingerprint density at radius 1 is 1.67 bits per heavy atom. The first-order valence-corrected chi connectivity index (χ1v) is 4.48. The fourth-order valence-corrected chi connectivity index (χ4v) is 1.31. The van der Waals surface area contributed by atoms with E-state index in [-0.39, 0.29) is 6.03 Å². The first-order chi connectivity index (χ1) is 5.75. The van der Waals surface area contributed by atoms with E-state index in [1.165, 1.54) is 4.90 Å². The van der Waals surface area contributed by atoms with Crippen molar-refractivity contribution in [1.29, 1.82) is 0 Å². The number of nitrogens with zero attached hydrogens (tertiary/aromatic N) is 1. The summed E-state index contributed by atoms with van der Waals surface area (Å²) >= 11 is 0. The molecule has 2 N–H and O–H groups in total. The highest BCUT2D eigenvalue weighted by molar-refractivity contribution is 5.76. The molecule has 12 heavy (non-hydrogen) atoms. The Hall–Kier alpha value is -0.770. The number of carbonyl (C=O) groups excluding carboxylic acids is 1. The lowest BCUT2D eigenvalue weighted by Crippen LogP contribution is -2.34. The number of hydrogen-bond donors (Lipinski definition) is 2. The first kappa shape index (κ1) is 9.32. The van der Waals surface area contributed by atoms with Gasteiger partial charge in [0.15, 0.2) is 0 Å². The Balaban J connectivity index is 2.25. The van der Waals surface area contributed by atoms with Gasteiger partial charge >= 0.3 is 6.03 Å². The minimum Gasteiger partial charge on any atom is -0.372 e. The van der Waals surface area contributed by atoms with E-state index in [9.17, 15) is 9.90 Å². The smallest absolute Gasteiger partial charge is 0.319 e. The van der Waals surface area contributed by atoms with Crippen molar-refractivity contribution >= 4 is 6.03 Å². The summed E-state index contributed by atoms with van der Waals surface area (Å²) in [7, 11) is 0. The van der Waals surface area contributed by atoms with Gasteiger partial charge in [0.1, 0.15) is 6.23 Å². The van der Waals surface area contributed by atoms with Gasteiger partial charge < -0.3 is 10.4 Å². The average molecular weight is 172 g/mol. The number of aliphatic hydroxyl groups is 1. The molecule has 4 nitrogen and oxygen atoms in total. The minimum absolute atomic E-state index is 0.140. The Morgan fingerprint density at radius 3 is 2.92 bits per heavy atom. The highest BCUT2D eigenvalue weighted by Gasteiger charge is 2.27. The molecule has 70 valence electrons. The lowest BCUT2D eigenvalue weighted by Gasteiger charge is -2.17. The third-order valence-electron chi connectivity index (χ3n) is 2.06. The number of carbonyl (C=O) groups is 1. The van der Waals surface area contributed by atoms with E-state index >= 15 is 0 Å². The largest absolute Gasteiger partial charge is 0.372 e. The lowest BCUT2D eigenvalue weighted by molar-refractivity contribution is 0.0638. The maximum absolute atomic E-state index is 11.0. The van der Waals surface area contributed by atoms with E-state index in [2.05, 4.69) is 12.2 Å². The SMILES string of the molecule is CCCCCN1C(=O)NCC1O. The van der Waals surface area contributed by atoms with E-state index < -0.39 is 6.23 Å². The maximum atomic E-state index is 11.0. The van der Waals surface area contributed by atoms with Gasteiger partial charge in [0.25, 0.3) is 0 Å². The fraction of sp³-hybridized carbons (Fsp3) is 0.875. The topological polar surface area (TPSA) is 52.6 Å². The molecule has 0 bridgehead atoms. The monoisotopic (exact) mass is 172 g/mol. The molecule has 1 aliphatic rings. The van der Waals surface area contributed by atoms with Gasteiger partial charge in [-0.3, -0.25) is 4.90 Å². The molecule has 0 spiro atoms. The van der Waals surface area contributed by atoms with E-state index in [1.54, 1.807) is 0 Å². The third kappa shape index (κ3) is 2.11. The predicted octanol–water partition coefficient (Wildman–Crippen LogP) is 0.520. The summed E-state index contributed by atoms with van der Waals surface area (Å²) in [4.78, 5) is 12.5. The molecule has 0 aromatic carbocycles. The van der Waals surface area contributed by atoms with Crippen molar-refractivity contribution in [2.45, 2.75) is 32.4 Å². The van der Waals surface area contributed by atoms with Crippen LogP contribution >= 0.6 is 0 Å². The van der Waals surface area contributed by atoms with Crippen LogP contribution in [-0.4, -0.2) is 35.4 Å². The summed E-state index contributed by atoms with van der Waals surface area (Å²) in [6.07, 6.45) is 2.60. The molecule has 4 heteroatoms. The molecule has 1 aliphatic heterocycles. The van der Waals surface area contributed by atoms with Crippen molar-refractivity contribution in [2.75, 3.05) is 13.1 Å². The second-order valence-corrected chi connectivity index (χ2v) is 3.07. The van der Waals surface area contributed by atoms with Crippen LogP contribution in [0.15, 0.2) is 0 Å². The Morgan fingerprint density at radius 2 is 2.42 bits per heavy atom. The van der Waals surface area contributed by atoms with Crippen LogP contribution in [0.4, 0.5) is 4.79 Å². The molecule has 1 fully saturated rings. The van der Waals surface area contributed by atoms with E-state index in [4.69, 9.17) is 0 Å². The van der Waals surface area contributed by atoms with Crippen molar-refractivity contribution in [2.24, 2.45) is 0 Å². The zero-order valence-corrected chi connectivity index (χ0v) is 7.42. The molecular formula is C8H16N2O2. The highest BCUT2D eigenvalue weighted by Crippen LogP contribution is 2.06. The summed E-state index contributed by atoms with van der Waals surface area (Å²) in [5.41, 5.74) is 0. The predicted molar refractivity (Wildman–Crippen MR) is 45.6 cm³/mol. The van der Waals surface area contributed by atoms with Crippen molar-refractivity contribution in [3.8, 4) is 0 Å². The summed E-state index contributed by atoms with van der Waals surface area (Å²) < 4.78 is 0. The molecule has 0 aliphatic carbocycles. The number of unbranched alkanes of at least 4 members (excludes halogenated alkanes) is 2. The van der Waals surface area contributed by atoms with Gasteiger partial charge in [0, 0.05) is 6.54 Å². The summed E-state index contributed by atoms with van der Waals surface area (Å²) in [6.45, 7) is 3.15. The fourth-order valence-electron chi connectivity index (χ4n) is 1.31. The first-order valence-electron chi connectivity index (χ1n) is 4.48. The Kier molecular flexibility index (Phi) is 3.34. The van der Waals surface area contributed by atoms with Crippen LogP contribution in [-0.2, 0) is 0 Å². The normalized spacial score (nSPS) is 23.0. The molecule has 0 aromatic heterocycles. The van der Waals surface area contributed by atoms with Gasteiger partial charge in [-0.25, -0.2) is 4.79 Å². The van der Waals surface area contributed by atoms with Crippen LogP contribution in [0, 0.1) is 0 Å². The molecule has 1 saturated heterocycles. The Bertz CT molecular complexity index is 161. The van der Waals surface area contributed by atoms with Gasteiger partial charge in [-0.2, -0.15) is 0 Å². The number of aliphatic hydroxyl groups excluding tert-OH is 1. The number of rotatable bonds is 4. The molecule has 0 radical (unpaired) electrons. The van der Waals surface area contributed by atoms with Gasteiger partial charge in [-0.15, -0.1) is 0 Å². The summed E-state index contributed by atoms with van der Waals surface area (Å²) in [5.74, 6) is 0. The van der Waals surface area contributed by atoms with Crippen LogP contribution < -0.4 is 5.32 Å². The molecule has 1 heterocycles. The molecule has 1 unspecified atom stereocenters. The number of urea groups is 1. The Labute approximate surface area is 72.6 Å². The molecule has 1 rings (SSSR count). The van der Waals surface area contributed by atoms with Gasteiger partial charge in [0.05, 0.1) is 6.54 Å². The molecular weight excluding hydrogens is 156 g/mol.